The Kier molecular flexibility index (Phi) is 5.11. The Balaban J connectivity index is 1.60. The first-order valence-corrected chi connectivity index (χ1v) is 9.25. The molecule has 0 unspecified atom stereocenters. The maximum Gasteiger partial charge on any atom is 0.229 e. The summed E-state index contributed by atoms with van der Waals surface area (Å²) in [5, 5.41) is 7.98. The van der Waals surface area contributed by atoms with Gasteiger partial charge in [-0.05, 0) is 29.8 Å². The minimum absolute atomic E-state index is 0.113. The molecule has 1 aliphatic rings. The number of nitrogens with one attached hydrogen (secondary N) is 1. The quantitative estimate of drug-likeness (QED) is 0.674. The van der Waals surface area contributed by atoms with Gasteiger partial charge in [-0.15, -0.1) is 0 Å². The fourth-order valence-electron chi connectivity index (χ4n) is 3.10. The van der Waals surface area contributed by atoms with Gasteiger partial charge < -0.3 is 9.47 Å². The minimum atomic E-state index is -0.271. The number of benzene rings is 2. The molecule has 2 aromatic carbocycles. The van der Waals surface area contributed by atoms with Crippen LogP contribution in [0.25, 0.3) is 0 Å². The van der Waals surface area contributed by atoms with Crippen LogP contribution >= 0.6 is 23.2 Å². The van der Waals surface area contributed by atoms with Gasteiger partial charge in [0.2, 0.25) is 11.9 Å². The van der Waals surface area contributed by atoms with E-state index in [4.69, 9.17) is 32.7 Å². The van der Waals surface area contributed by atoms with E-state index >= 15 is 0 Å². The third kappa shape index (κ3) is 3.50. The fraction of sp³-hybridized carbons (Fsp3) is 0.211. The highest BCUT2D eigenvalue weighted by Gasteiger charge is 2.28. The topological polar surface area (TPSA) is 78.3 Å². The molecular formula is C19H16Cl2N4O3. The van der Waals surface area contributed by atoms with Crippen molar-refractivity contribution in [1.29, 1.82) is 0 Å². The molecule has 2 heterocycles. The number of methoxy groups -OCH3 is 1. The molecule has 1 amide bonds. The van der Waals surface area contributed by atoms with E-state index in [0.717, 1.165) is 5.56 Å². The molecule has 0 saturated heterocycles. The summed E-state index contributed by atoms with van der Waals surface area (Å²) < 4.78 is 13.1. The Labute approximate surface area is 171 Å². The number of fused-ring (bicyclic) bond motifs is 1. The molecule has 1 N–H and O–H groups in total. The predicted molar refractivity (Wildman–Crippen MR) is 105 cm³/mol. The average molecular weight is 419 g/mol. The standard InChI is InChI=1S/C19H16Cl2N4O3/c1-27-17-7-11(15-8-18(26)24-19-22-10-23-25(15)19)5-6-16(17)28-9-12-13(20)3-2-4-14(12)21/h2-7,10,15H,8-9H2,1H3,(H,22,23,24,26)/t15-/m0/s1. The summed E-state index contributed by atoms with van der Waals surface area (Å²) in [6.07, 6.45) is 1.67. The van der Waals surface area contributed by atoms with Crippen molar-refractivity contribution < 1.29 is 14.3 Å². The molecule has 0 saturated carbocycles. The molecule has 1 atom stereocenters. The van der Waals surface area contributed by atoms with Crippen LogP contribution in [0.2, 0.25) is 10.0 Å². The Morgan fingerprint density at radius 2 is 2.00 bits per heavy atom. The first-order valence-electron chi connectivity index (χ1n) is 8.50. The van der Waals surface area contributed by atoms with Crippen molar-refractivity contribution in [3.8, 4) is 11.5 Å². The molecule has 0 bridgehead atoms. The Hall–Kier alpha value is -2.77. The van der Waals surface area contributed by atoms with Gasteiger partial charge in [-0.3, -0.25) is 10.1 Å². The Bertz CT molecular complexity index is 1020. The fourth-order valence-corrected chi connectivity index (χ4v) is 3.60. The van der Waals surface area contributed by atoms with Crippen molar-refractivity contribution in [2.75, 3.05) is 12.4 Å². The number of hydrogen-bond donors (Lipinski definition) is 1. The van der Waals surface area contributed by atoms with E-state index < -0.39 is 0 Å². The first-order chi connectivity index (χ1) is 13.6. The van der Waals surface area contributed by atoms with Crippen molar-refractivity contribution in [1.82, 2.24) is 14.8 Å². The average Bonchev–Trinajstić information content (AvgIpc) is 3.15. The van der Waals surface area contributed by atoms with Crippen molar-refractivity contribution in [2.45, 2.75) is 19.1 Å². The normalized spacial score (nSPS) is 15.7. The van der Waals surface area contributed by atoms with Gasteiger partial charge in [0.15, 0.2) is 11.5 Å². The number of ether oxygens (including phenoxy) is 2. The van der Waals surface area contributed by atoms with E-state index in [0.29, 0.717) is 33.1 Å². The van der Waals surface area contributed by atoms with E-state index in [2.05, 4.69) is 15.4 Å². The van der Waals surface area contributed by atoms with Gasteiger partial charge in [-0.1, -0.05) is 35.3 Å². The number of nitrogens with zero attached hydrogens (tertiary/aromatic N) is 3. The van der Waals surface area contributed by atoms with Crippen LogP contribution in [0.5, 0.6) is 11.5 Å². The van der Waals surface area contributed by atoms with Gasteiger partial charge in [-0.2, -0.15) is 10.1 Å². The molecule has 0 spiro atoms. The molecule has 144 valence electrons. The number of carbonyl (C=O) groups is 1. The lowest BCUT2D eigenvalue weighted by atomic mass is 10.0. The number of carbonyl (C=O) groups excluding carboxylic acids is 1. The monoisotopic (exact) mass is 418 g/mol. The predicted octanol–water partition coefficient (Wildman–Crippen LogP) is 4.10. The van der Waals surface area contributed by atoms with Crippen LogP contribution in [0.3, 0.4) is 0 Å². The van der Waals surface area contributed by atoms with E-state index in [-0.39, 0.29) is 25.0 Å². The third-order valence-electron chi connectivity index (χ3n) is 4.50. The molecule has 1 aromatic heterocycles. The highest BCUT2D eigenvalue weighted by atomic mass is 35.5. The number of halogens is 2. The zero-order valence-electron chi connectivity index (χ0n) is 14.9. The number of rotatable bonds is 5. The van der Waals surface area contributed by atoms with Crippen molar-refractivity contribution in [2.24, 2.45) is 0 Å². The second kappa shape index (κ2) is 7.69. The van der Waals surface area contributed by atoms with Crippen LogP contribution in [-0.4, -0.2) is 27.8 Å². The van der Waals surface area contributed by atoms with Crippen molar-refractivity contribution in [3.63, 3.8) is 0 Å². The molecule has 28 heavy (non-hydrogen) atoms. The lowest BCUT2D eigenvalue weighted by molar-refractivity contribution is -0.117. The number of hydrogen-bond acceptors (Lipinski definition) is 5. The summed E-state index contributed by atoms with van der Waals surface area (Å²) in [6, 6.07) is 10.5. The summed E-state index contributed by atoms with van der Waals surface area (Å²) in [6.45, 7) is 0.202. The van der Waals surface area contributed by atoms with Gasteiger partial charge in [-0.25, -0.2) is 4.68 Å². The second-order valence-corrected chi connectivity index (χ2v) is 7.01. The zero-order valence-corrected chi connectivity index (χ0v) is 16.4. The summed E-state index contributed by atoms with van der Waals surface area (Å²) in [5.74, 6) is 1.39. The zero-order chi connectivity index (χ0) is 19.7. The molecule has 4 rings (SSSR count). The molecular weight excluding hydrogens is 403 g/mol. The van der Waals surface area contributed by atoms with Gasteiger partial charge in [0.1, 0.15) is 12.9 Å². The van der Waals surface area contributed by atoms with Crippen LogP contribution in [0.1, 0.15) is 23.6 Å². The van der Waals surface area contributed by atoms with Crippen LogP contribution < -0.4 is 14.8 Å². The van der Waals surface area contributed by atoms with Crippen LogP contribution in [0.4, 0.5) is 5.95 Å². The van der Waals surface area contributed by atoms with E-state index in [1.165, 1.54) is 6.33 Å². The lowest BCUT2D eigenvalue weighted by Gasteiger charge is -2.24. The van der Waals surface area contributed by atoms with E-state index in [9.17, 15) is 4.79 Å². The number of aromatic nitrogens is 3. The third-order valence-corrected chi connectivity index (χ3v) is 5.21. The molecule has 7 nitrogen and oxygen atoms in total. The van der Waals surface area contributed by atoms with Gasteiger partial charge in [0, 0.05) is 15.6 Å². The molecule has 0 aliphatic carbocycles. The van der Waals surface area contributed by atoms with Crippen LogP contribution in [0, 0.1) is 0 Å². The highest BCUT2D eigenvalue weighted by Crippen LogP contribution is 2.36. The molecule has 1 aliphatic heterocycles. The summed E-state index contributed by atoms with van der Waals surface area (Å²) >= 11 is 12.4. The van der Waals surface area contributed by atoms with Gasteiger partial charge in [0.05, 0.1) is 19.6 Å². The summed E-state index contributed by atoms with van der Waals surface area (Å²) in [7, 11) is 1.56. The van der Waals surface area contributed by atoms with Crippen molar-refractivity contribution >= 4 is 35.1 Å². The molecule has 3 aromatic rings. The van der Waals surface area contributed by atoms with Crippen LogP contribution in [-0.2, 0) is 11.4 Å². The summed E-state index contributed by atoms with van der Waals surface area (Å²) in [5.41, 5.74) is 1.56. The molecule has 0 fully saturated rings. The van der Waals surface area contributed by atoms with E-state index in [1.54, 1.807) is 36.1 Å². The SMILES string of the molecule is COc1cc([C@@H]2CC(=O)Nc3ncnn32)ccc1OCc1c(Cl)cccc1Cl. The lowest BCUT2D eigenvalue weighted by Crippen LogP contribution is -2.29. The smallest absolute Gasteiger partial charge is 0.229 e. The minimum Gasteiger partial charge on any atom is -0.493 e. The highest BCUT2D eigenvalue weighted by molar-refractivity contribution is 6.35. The largest absolute Gasteiger partial charge is 0.493 e. The maximum atomic E-state index is 12.0. The molecule has 0 radical (unpaired) electrons. The number of amides is 1. The number of anilines is 1. The molecule has 9 heteroatoms. The summed E-state index contributed by atoms with van der Waals surface area (Å²) in [4.78, 5) is 16.0. The Morgan fingerprint density at radius 3 is 2.75 bits per heavy atom. The van der Waals surface area contributed by atoms with Gasteiger partial charge >= 0.3 is 0 Å². The maximum absolute atomic E-state index is 12.0. The Morgan fingerprint density at radius 1 is 1.21 bits per heavy atom. The first kappa shape index (κ1) is 18.6. The van der Waals surface area contributed by atoms with E-state index in [1.807, 2.05) is 12.1 Å². The van der Waals surface area contributed by atoms with Crippen LogP contribution in [0.15, 0.2) is 42.7 Å². The second-order valence-electron chi connectivity index (χ2n) is 6.20. The van der Waals surface area contributed by atoms with Crippen molar-refractivity contribution in [3.05, 3.63) is 63.9 Å². The van der Waals surface area contributed by atoms with Gasteiger partial charge in [0.25, 0.3) is 0 Å².